The van der Waals surface area contributed by atoms with Crippen molar-refractivity contribution in [3.63, 3.8) is 0 Å². The van der Waals surface area contributed by atoms with Gasteiger partial charge in [0.1, 0.15) is 11.6 Å². The summed E-state index contributed by atoms with van der Waals surface area (Å²) >= 11 is 5.46. The summed E-state index contributed by atoms with van der Waals surface area (Å²) < 4.78 is 27.0. The van der Waals surface area contributed by atoms with Gasteiger partial charge in [0.25, 0.3) is 5.91 Å². The van der Waals surface area contributed by atoms with Gasteiger partial charge in [0.05, 0.1) is 10.6 Å². The average Bonchev–Trinajstić information content (AvgIpc) is 2.77. The van der Waals surface area contributed by atoms with E-state index in [0.717, 1.165) is 18.6 Å². The minimum atomic E-state index is -0.808. The van der Waals surface area contributed by atoms with Crippen LogP contribution in [0.25, 0.3) is 0 Å². The van der Waals surface area contributed by atoms with Crippen molar-refractivity contribution in [1.82, 2.24) is 4.90 Å². The second-order valence-electron chi connectivity index (χ2n) is 5.24. The number of nitrogens with zero attached hydrogens (tertiary/aromatic N) is 1. The molecule has 0 aromatic heterocycles. The summed E-state index contributed by atoms with van der Waals surface area (Å²) in [6, 6.07) is 1.67. The molecule has 0 spiro atoms. The number of carbonyl (C=O) groups excluding carboxylic acids is 1. The fraction of sp³-hybridized carbons (Fsp3) is 0.462. The topological polar surface area (TPSA) is 46.3 Å². The highest BCUT2D eigenvalue weighted by Crippen LogP contribution is 2.30. The van der Waals surface area contributed by atoms with E-state index in [4.69, 9.17) is 17.3 Å². The molecule has 1 fully saturated rings. The number of hydrogen-bond acceptors (Lipinski definition) is 2. The summed E-state index contributed by atoms with van der Waals surface area (Å²) in [5.74, 6) is -2.13. The Hall–Kier alpha value is -0.910. The summed E-state index contributed by atoms with van der Waals surface area (Å²) in [7, 11) is 0. The van der Waals surface area contributed by atoms with Crippen LogP contribution >= 0.6 is 24.0 Å². The van der Waals surface area contributed by atoms with Crippen LogP contribution in [0.1, 0.15) is 23.7 Å². The van der Waals surface area contributed by atoms with Crippen molar-refractivity contribution in [2.75, 3.05) is 19.6 Å². The fourth-order valence-electron chi connectivity index (χ4n) is 2.22. The van der Waals surface area contributed by atoms with Crippen LogP contribution in [0, 0.1) is 17.0 Å². The Bertz CT molecular complexity index is 527. The van der Waals surface area contributed by atoms with Gasteiger partial charge in [0.15, 0.2) is 0 Å². The Morgan fingerprint density at radius 1 is 1.45 bits per heavy atom. The molecule has 1 aromatic carbocycles. The smallest absolute Gasteiger partial charge is 0.256 e. The highest BCUT2D eigenvalue weighted by atomic mass is 35.5. The number of nitrogens with two attached hydrogens (primary N) is 1. The van der Waals surface area contributed by atoms with Gasteiger partial charge >= 0.3 is 0 Å². The first-order valence-electron chi connectivity index (χ1n) is 6.00. The minimum Gasteiger partial charge on any atom is -0.338 e. The van der Waals surface area contributed by atoms with Crippen molar-refractivity contribution in [2.45, 2.75) is 13.3 Å². The lowest BCUT2D eigenvalue weighted by molar-refractivity contribution is 0.0771. The monoisotopic (exact) mass is 324 g/mol. The van der Waals surface area contributed by atoms with E-state index >= 15 is 0 Å². The molecule has 0 bridgehead atoms. The van der Waals surface area contributed by atoms with Crippen LogP contribution in [0.15, 0.2) is 12.1 Å². The van der Waals surface area contributed by atoms with Crippen LogP contribution < -0.4 is 5.73 Å². The van der Waals surface area contributed by atoms with Gasteiger partial charge in [-0.3, -0.25) is 4.79 Å². The van der Waals surface area contributed by atoms with E-state index in [1.807, 2.05) is 6.92 Å². The predicted molar refractivity (Wildman–Crippen MR) is 76.3 cm³/mol. The Kier molecular flexibility index (Phi) is 5.35. The number of rotatable bonds is 2. The summed E-state index contributed by atoms with van der Waals surface area (Å²) in [5, 5.41) is -0.331. The zero-order valence-electron chi connectivity index (χ0n) is 11.0. The zero-order valence-corrected chi connectivity index (χ0v) is 12.5. The minimum absolute atomic E-state index is 0. The largest absolute Gasteiger partial charge is 0.338 e. The number of hydrogen-bond donors (Lipinski definition) is 1. The Balaban J connectivity index is 0.00000200. The maximum atomic E-state index is 13.7. The first kappa shape index (κ1) is 17.1. The number of amides is 1. The standard InChI is InChI=1S/C13H15ClF2N2O.ClH/c1-13(6-17)2-3-18(7-13)12(19)8-4-11(16)9(14)5-10(8)15;/h4-5H,2-3,6-7,17H2,1H3;1H. The first-order chi connectivity index (χ1) is 8.86. The molecule has 7 heteroatoms. The summed E-state index contributed by atoms with van der Waals surface area (Å²) in [6.45, 7) is 3.37. The second kappa shape index (κ2) is 6.24. The van der Waals surface area contributed by atoms with Crippen molar-refractivity contribution in [3.05, 3.63) is 34.4 Å². The van der Waals surface area contributed by atoms with Crippen LogP contribution in [-0.2, 0) is 0 Å². The van der Waals surface area contributed by atoms with E-state index in [9.17, 15) is 13.6 Å². The molecule has 3 nitrogen and oxygen atoms in total. The van der Waals surface area contributed by atoms with Gasteiger partial charge in [0, 0.05) is 13.1 Å². The second-order valence-corrected chi connectivity index (χ2v) is 5.64. The van der Waals surface area contributed by atoms with E-state index in [-0.39, 0.29) is 28.4 Å². The van der Waals surface area contributed by atoms with Gasteiger partial charge in [0.2, 0.25) is 0 Å². The molecule has 2 rings (SSSR count). The lowest BCUT2D eigenvalue weighted by Gasteiger charge is -2.22. The van der Waals surface area contributed by atoms with Crippen LogP contribution in [0.5, 0.6) is 0 Å². The molecule has 1 aliphatic rings. The predicted octanol–water partition coefficient (Wildman–Crippen LogP) is 2.85. The lowest BCUT2D eigenvalue weighted by Crippen LogP contribution is -2.34. The van der Waals surface area contributed by atoms with Crippen LogP contribution in [0.3, 0.4) is 0 Å². The number of halogens is 4. The van der Waals surface area contributed by atoms with Gasteiger partial charge in [-0.1, -0.05) is 18.5 Å². The number of likely N-dealkylation sites (tertiary alicyclic amines) is 1. The average molecular weight is 325 g/mol. The number of carbonyl (C=O) groups is 1. The summed E-state index contributed by atoms with van der Waals surface area (Å²) in [4.78, 5) is 13.7. The molecular weight excluding hydrogens is 309 g/mol. The molecule has 1 atom stereocenters. The van der Waals surface area contributed by atoms with Gasteiger partial charge in [-0.2, -0.15) is 0 Å². The quantitative estimate of drug-likeness (QED) is 0.850. The van der Waals surface area contributed by atoms with Crippen LogP contribution in [-0.4, -0.2) is 30.4 Å². The van der Waals surface area contributed by atoms with Crippen LogP contribution in [0.2, 0.25) is 5.02 Å². The first-order valence-corrected chi connectivity index (χ1v) is 6.38. The Morgan fingerprint density at radius 2 is 2.10 bits per heavy atom. The molecule has 1 heterocycles. The fourth-order valence-corrected chi connectivity index (χ4v) is 2.37. The molecular formula is C13H16Cl2F2N2O. The van der Waals surface area contributed by atoms with Crippen molar-refractivity contribution in [3.8, 4) is 0 Å². The Labute approximate surface area is 127 Å². The molecule has 1 amide bonds. The molecule has 112 valence electrons. The third-order valence-corrected chi connectivity index (χ3v) is 3.87. The molecule has 1 aliphatic heterocycles. The van der Waals surface area contributed by atoms with Gasteiger partial charge in [-0.25, -0.2) is 8.78 Å². The third-order valence-electron chi connectivity index (χ3n) is 3.58. The van der Waals surface area contributed by atoms with E-state index in [1.165, 1.54) is 4.90 Å². The van der Waals surface area contributed by atoms with E-state index in [1.54, 1.807) is 0 Å². The maximum absolute atomic E-state index is 13.7. The molecule has 2 N–H and O–H groups in total. The normalized spacial score (nSPS) is 21.8. The molecule has 20 heavy (non-hydrogen) atoms. The molecule has 1 unspecified atom stereocenters. The lowest BCUT2D eigenvalue weighted by atomic mass is 9.90. The van der Waals surface area contributed by atoms with Crippen molar-refractivity contribution < 1.29 is 13.6 Å². The van der Waals surface area contributed by atoms with E-state index < -0.39 is 17.5 Å². The highest BCUT2D eigenvalue weighted by molar-refractivity contribution is 6.30. The van der Waals surface area contributed by atoms with Gasteiger partial charge in [-0.15, -0.1) is 12.4 Å². The Morgan fingerprint density at radius 3 is 2.65 bits per heavy atom. The SMILES string of the molecule is CC1(CN)CCN(C(=O)c2cc(F)c(Cl)cc2F)C1.Cl. The molecule has 0 radical (unpaired) electrons. The molecule has 0 aliphatic carbocycles. The summed E-state index contributed by atoms with van der Waals surface area (Å²) in [6.07, 6.45) is 0.757. The third kappa shape index (κ3) is 3.22. The van der Waals surface area contributed by atoms with Crippen LogP contribution in [0.4, 0.5) is 8.78 Å². The number of benzene rings is 1. The van der Waals surface area contributed by atoms with E-state index in [0.29, 0.717) is 19.6 Å². The maximum Gasteiger partial charge on any atom is 0.256 e. The van der Waals surface area contributed by atoms with Crippen molar-refractivity contribution in [2.24, 2.45) is 11.1 Å². The highest BCUT2D eigenvalue weighted by Gasteiger charge is 2.36. The van der Waals surface area contributed by atoms with Crippen molar-refractivity contribution >= 4 is 29.9 Å². The van der Waals surface area contributed by atoms with Crippen molar-refractivity contribution in [1.29, 1.82) is 0 Å². The van der Waals surface area contributed by atoms with E-state index in [2.05, 4.69) is 0 Å². The molecule has 0 saturated carbocycles. The molecule has 1 aromatic rings. The zero-order chi connectivity index (χ0) is 14.2. The molecule has 1 saturated heterocycles. The van der Waals surface area contributed by atoms with Gasteiger partial charge in [-0.05, 0) is 30.5 Å². The van der Waals surface area contributed by atoms with Gasteiger partial charge < -0.3 is 10.6 Å². The summed E-state index contributed by atoms with van der Waals surface area (Å²) in [5.41, 5.74) is 5.21.